The summed E-state index contributed by atoms with van der Waals surface area (Å²) in [6, 6.07) is 1.01. The van der Waals surface area contributed by atoms with Gasteiger partial charge in [-0.25, -0.2) is 18.0 Å². The monoisotopic (exact) mass is 495 g/mol. The van der Waals surface area contributed by atoms with Crippen molar-refractivity contribution in [1.29, 1.82) is 0 Å². The molecule has 3 amide bonds. The topological polar surface area (TPSA) is 138 Å². The van der Waals surface area contributed by atoms with Gasteiger partial charge in [0.1, 0.15) is 12.1 Å². The van der Waals surface area contributed by atoms with E-state index in [9.17, 15) is 22.8 Å². The highest BCUT2D eigenvalue weighted by Crippen LogP contribution is 2.19. The van der Waals surface area contributed by atoms with Crippen molar-refractivity contribution in [3.8, 4) is 0 Å². The number of piperazine rings is 1. The van der Waals surface area contributed by atoms with Crippen LogP contribution < -0.4 is 10.6 Å². The minimum Gasteiger partial charge on any atom is -0.467 e. The molecular formula is C22H33N5O6S. The first-order valence-corrected chi connectivity index (χ1v) is 13.3. The Morgan fingerprint density at radius 2 is 1.94 bits per heavy atom. The Morgan fingerprint density at radius 3 is 2.56 bits per heavy atom. The van der Waals surface area contributed by atoms with Crippen LogP contribution in [-0.4, -0.2) is 91.6 Å². The third-order valence-electron chi connectivity index (χ3n) is 6.27. The summed E-state index contributed by atoms with van der Waals surface area (Å²) in [6.45, 7) is -0.0322. The van der Waals surface area contributed by atoms with E-state index in [-0.39, 0.29) is 32.1 Å². The maximum atomic E-state index is 13.3. The summed E-state index contributed by atoms with van der Waals surface area (Å²) in [5.41, 5.74) is 0.714. The number of nitrogens with one attached hydrogen (secondary N) is 2. The average molecular weight is 496 g/mol. The summed E-state index contributed by atoms with van der Waals surface area (Å²) in [7, 11) is -2.35. The standard InChI is InChI=1S/C22H33N5O6S/c1-33-21(29)18(13-16-7-6-10-23-14-16)25-20(28)19-15-26(34(2,31)32)11-12-27(19)22(30)24-17-8-4-3-5-9-17/h6-7,10,14,17-19H,3-5,8-9,11-13,15H2,1-2H3,(H,24,30)(H,25,28)/t18-,19-/m1/s1. The maximum absolute atomic E-state index is 13.3. The Bertz CT molecular complexity index is 967. The number of esters is 1. The molecule has 1 aromatic heterocycles. The van der Waals surface area contributed by atoms with Gasteiger partial charge in [0.15, 0.2) is 0 Å². The summed E-state index contributed by atoms with van der Waals surface area (Å²) in [5.74, 6) is -1.27. The number of hydrogen-bond donors (Lipinski definition) is 2. The van der Waals surface area contributed by atoms with Crippen LogP contribution in [0.5, 0.6) is 0 Å². The molecule has 1 aliphatic heterocycles. The zero-order chi connectivity index (χ0) is 24.7. The molecule has 0 radical (unpaired) electrons. The number of rotatable bonds is 7. The Kier molecular flexibility index (Phi) is 8.84. The van der Waals surface area contributed by atoms with Crippen molar-refractivity contribution in [1.82, 2.24) is 24.8 Å². The van der Waals surface area contributed by atoms with E-state index in [0.29, 0.717) is 5.56 Å². The van der Waals surface area contributed by atoms with Crippen LogP contribution in [0.4, 0.5) is 4.79 Å². The van der Waals surface area contributed by atoms with E-state index in [0.717, 1.165) is 38.4 Å². The highest BCUT2D eigenvalue weighted by molar-refractivity contribution is 7.88. The van der Waals surface area contributed by atoms with Crippen LogP contribution in [0.2, 0.25) is 0 Å². The predicted octanol–water partition coefficient (Wildman–Crippen LogP) is 0.270. The predicted molar refractivity (Wildman–Crippen MR) is 124 cm³/mol. The van der Waals surface area contributed by atoms with Gasteiger partial charge in [-0.1, -0.05) is 25.3 Å². The van der Waals surface area contributed by atoms with Crippen molar-refractivity contribution < 1.29 is 27.5 Å². The van der Waals surface area contributed by atoms with Crippen LogP contribution >= 0.6 is 0 Å². The van der Waals surface area contributed by atoms with Gasteiger partial charge in [0, 0.05) is 44.5 Å². The molecule has 2 heterocycles. The Labute approximate surface area is 200 Å². The van der Waals surface area contributed by atoms with Crippen molar-refractivity contribution in [2.24, 2.45) is 0 Å². The highest BCUT2D eigenvalue weighted by Gasteiger charge is 2.40. The summed E-state index contributed by atoms with van der Waals surface area (Å²) in [6.07, 6.45) is 9.34. The van der Waals surface area contributed by atoms with Gasteiger partial charge in [-0.05, 0) is 24.5 Å². The second kappa shape index (κ2) is 11.6. The summed E-state index contributed by atoms with van der Waals surface area (Å²) in [5, 5.41) is 5.66. The van der Waals surface area contributed by atoms with Gasteiger partial charge >= 0.3 is 12.0 Å². The molecule has 3 rings (SSSR count). The average Bonchev–Trinajstić information content (AvgIpc) is 2.83. The molecule has 1 aromatic rings. The van der Waals surface area contributed by atoms with Gasteiger partial charge in [-0.3, -0.25) is 9.78 Å². The first kappa shape index (κ1) is 25.9. The van der Waals surface area contributed by atoms with Crippen molar-refractivity contribution in [3.63, 3.8) is 0 Å². The van der Waals surface area contributed by atoms with Crippen molar-refractivity contribution in [2.45, 2.75) is 56.7 Å². The quantitative estimate of drug-likeness (QED) is 0.518. The molecular weight excluding hydrogens is 462 g/mol. The van der Waals surface area contributed by atoms with Gasteiger partial charge in [-0.15, -0.1) is 0 Å². The number of urea groups is 1. The number of sulfonamides is 1. The zero-order valence-corrected chi connectivity index (χ0v) is 20.4. The third kappa shape index (κ3) is 6.89. The van der Waals surface area contributed by atoms with Gasteiger partial charge in [0.2, 0.25) is 15.9 Å². The van der Waals surface area contributed by atoms with E-state index in [1.165, 1.54) is 16.3 Å². The second-order valence-electron chi connectivity index (χ2n) is 8.76. The molecule has 2 N–H and O–H groups in total. The Hall–Kier alpha value is -2.73. The van der Waals surface area contributed by atoms with Gasteiger partial charge in [0.05, 0.1) is 13.4 Å². The van der Waals surface area contributed by atoms with Crippen LogP contribution in [0.3, 0.4) is 0 Å². The number of pyridine rings is 1. The van der Waals surface area contributed by atoms with Crippen LogP contribution in [0, 0.1) is 0 Å². The number of aromatic nitrogens is 1. The maximum Gasteiger partial charge on any atom is 0.328 e. The van der Waals surface area contributed by atoms with Crippen LogP contribution in [0.1, 0.15) is 37.7 Å². The van der Waals surface area contributed by atoms with E-state index in [1.54, 1.807) is 24.5 Å². The minimum atomic E-state index is -3.57. The van der Waals surface area contributed by atoms with E-state index in [2.05, 4.69) is 15.6 Å². The van der Waals surface area contributed by atoms with E-state index >= 15 is 0 Å². The first-order valence-electron chi connectivity index (χ1n) is 11.5. The van der Waals surface area contributed by atoms with Crippen molar-refractivity contribution >= 4 is 27.9 Å². The fourth-order valence-electron chi connectivity index (χ4n) is 4.39. The van der Waals surface area contributed by atoms with E-state index in [4.69, 9.17) is 4.74 Å². The molecule has 1 saturated heterocycles. The molecule has 2 atom stereocenters. The third-order valence-corrected chi connectivity index (χ3v) is 7.54. The lowest BCUT2D eigenvalue weighted by molar-refractivity contribution is -0.145. The highest BCUT2D eigenvalue weighted by atomic mass is 32.2. The molecule has 1 saturated carbocycles. The SMILES string of the molecule is COC(=O)[C@@H](Cc1cccnc1)NC(=O)[C@H]1CN(S(C)(=O)=O)CCN1C(=O)NC1CCCCC1. The lowest BCUT2D eigenvalue weighted by Gasteiger charge is -2.40. The van der Waals surface area contributed by atoms with Crippen LogP contribution in [0.25, 0.3) is 0 Å². The molecule has 1 aliphatic carbocycles. The van der Waals surface area contributed by atoms with E-state index < -0.39 is 40.0 Å². The fraction of sp³-hybridized carbons (Fsp3) is 0.636. The molecule has 0 unspecified atom stereocenters. The van der Waals surface area contributed by atoms with Crippen molar-refractivity contribution in [2.75, 3.05) is 33.0 Å². The minimum absolute atomic E-state index is 0.0336. The fourth-order valence-corrected chi connectivity index (χ4v) is 5.21. The second-order valence-corrected chi connectivity index (χ2v) is 10.7. The molecule has 2 fully saturated rings. The van der Waals surface area contributed by atoms with Crippen molar-refractivity contribution in [3.05, 3.63) is 30.1 Å². The van der Waals surface area contributed by atoms with Gasteiger partial charge < -0.3 is 20.3 Å². The summed E-state index contributed by atoms with van der Waals surface area (Å²) >= 11 is 0. The summed E-state index contributed by atoms with van der Waals surface area (Å²) in [4.78, 5) is 44.2. The lowest BCUT2D eigenvalue weighted by Crippen LogP contribution is -2.64. The number of amides is 3. The molecule has 0 bridgehead atoms. The molecule has 188 valence electrons. The number of nitrogens with zero attached hydrogens (tertiary/aromatic N) is 3. The van der Waals surface area contributed by atoms with Crippen LogP contribution in [0.15, 0.2) is 24.5 Å². The zero-order valence-electron chi connectivity index (χ0n) is 19.6. The molecule has 0 aromatic carbocycles. The number of hydrogen-bond acceptors (Lipinski definition) is 7. The Morgan fingerprint density at radius 1 is 1.21 bits per heavy atom. The number of ether oxygens (including phenoxy) is 1. The molecule has 11 nitrogen and oxygen atoms in total. The van der Waals surface area contributed by atoms with Crippen LogP contribution in [-0.2, 0) is 30.8 Å². The Balaban J connectivity index is 1.77. The molecule has 12 heteroatoms. The largest absolute Gasteiger partial charge is 0.467 e. The number of carbonyl (C=O) groups excluding carboxylic acids is 3. The molecule has 0 spiro atoms. The van der Waals surface area contributed by atoms with Gasteiger partial charge in [-0.2, -0.15) is 4.31 Å². The summed E-state index contributed by atoms with van der Waals surface area (Å²) < 4.78 is 30.3. The van der Waals surface area contributed by atoms with E-state index in [1.807, 2.05) is 0 Å². The number of carbonyl (C=O) groups is 3. The van der Waals surface area contributed by atoms with Gasteiger partial charge in [0.25, 0.3) is 0 Å². The molecule has 34 heavy (non-hydrogen) atoms. The number of methoxy groups -OCH3 is 1. The normalized spacial score (nSPS) is 20.9. The molecule has 2 aliphatic rings. The first-order chi connectivity index (χ1) is 16.2. The smallest absolute Gasteiger partial charge is 0.328 e. The lowest BCUT2D eigenvalue weighted by atomic mass is 9.96.